The molecule has 2 aliphatic rings. The third-order valence-corrected chi connectivity index (χ3v) is 5.28. The number of nitrogens with zero attached hydrogens (tertiary/aromatic N) is 2. The van der Waals surface area contributed by atoms with Crippen LogP contribution >= 0.6 is 0 Å². The number of ether oxygens (including phenoxy) is 1. The van der Waals surface area contributed by atoms with Crippen molar-refractivity contribution < 1.29 is 9.22 Å². The number of hydrogen-bond acceptors (Lipinski definition) is 3. The van der Waals surface area contributed by atoms with Crippen molar-refractivity contribution in [3.63, 3.8) is 0 Å². The molecule has 22 heavy (non-hydrogen) atoms. The number of fused-ring (bicyclic) bond motifs is 1. The average Bonchev–Trinajstić information content (AvgIpc) is 2.90. The molecule has 0 atom stereocenters. The van der Waals surface area contributed by atoms with Crippen molar-refractivity contribution in [3.05, 3.63) is 23.8 Å². The monoisotopic (exact) mass is 304 g/mol. The van der Waals surface area contributed by atoms with E-state index in [9.17, 15) is 0 Å². The predicted octanol–water partition coefficient (Wildman–Crippen LogP) is 2.28. The van der Waals surface area contributed by atoms with Gasteiger partial charge in [0.2, 0.25) is 0 Å². The lowest BCUT2D eigenvalue weighted by atomic mass is 10.1. The van der Waals surface area contributed by atoms with E-state index in [0.29, 0.717) is 0 Å². The van der Waals surface area contributed by atoms with Gasteiger partial charge in [-0.3, -0.25) is 0 Å². The lowest BCUT2D eigenvalue weighted by Crippen LogP contribution is -2.49. The van der Waals surface area contributed by atoms with Crippen LogP contribution < -0.4 is 10.6 Å². The van der Waals surface area contributed by atoms with Gasteiger partial charge in [0, 0.05) is 24.5 Å². The number of rotatable bonds is 6. The Morgan fingerprint density at radius 2 is 2.00 bits per heavy atom. The highest BCUT2D eigenvalue weighted by atomic mass is 16.5. The molecule has 0 aromatic heterocycles. The van der Waals surface area contributed by atoms with Crippen LogP contribution in [0.15, 0.2) is 18.2 Å². The van der Waals surface area contributed by atoms with Gasteiger partial charge in [-0.15, -0.1) is 0 Å². The van der Waals surface area contributed by atoms with E-state index >= 15 is 0 Å². The van der Waals surface area contributed by atoms with E-state index in [4.69, 9.17) is 10.5 Å². The highest BCUT2D eigenvalue weighted by Gasteiger charge is 2.24. The first kappa shape index (κ1) is 15.6. The van der Waals surface area contributed by atoms with E-state index in [0.717, 1.165) is 45.0 Å². The van der Waals surface area contributed by atoms with Gasteiger partial charge in [0.05, 0.1) is 33.4 Å². The Hall–Kier alpha value is -1.26. The molecule has 2 aliphatic heterocycles. The molecule has 2 N–H and O–H groups in total. The summed E-state index contributed by atoms with van der Waals surface area (Å²) >= 11 is 0. The highest BCUT2D eigenvalue weighted by molar-refractivity contribution is 5.64. The van der Waals surface area contributed by atoms with Crippen LogP contribution in [0.25, 0.3) is 0 Å². The Morgan fingerprint density at radius 1 is 1.18 bits per heavy atom. The summed E-state index contributed by atoms with van der Waals surface area (Å²) in [5, 5.41) is 0. The van der Waals surface area contributed by atoms with Crippen LogP contribution in [-0.4, -0.2) is 57.5 Å². The van der Waals surface area contributed by atoms with Crippen molar-refractivity contribution in [1.82, 2.24) is 0 Å². The maximum Gasteiger partial charge on any atom is 0.102 e. The van der Waals surface area contributed by atoms with Crippen LogP contribution in [0, 0.1) is 0 Å². The molecule has 4 nitrogen and oxygen atoms in total. The normalized spacial score (nSPS) is 20.1. The fourth-order valence-corrected chi connectivity index (χ4v) is 3.76. The Bertz CT molecular complexity index is 497. The van der Waals surface area contributed by atoms with Gasteiger partial charge in [-0.1, -0.05) is 6.07 Å². The predicted molar refractivity (Wildman–Crippen MR) is 92.2 cm³/mol. The van der Waals surface area contributed by atoms with Crippen molar-refractivity contribution >= 4 is 11.4 Å². The van der Waals surface area contributed by atoms with E-state index in [1.165, 1.54) is 48.1 Å². The van der Waals surface area contributed by atoms with E-state index in [1.807, 2.05) is 6.07 Å². The van der Waals surface area contributed by atoms with E-state index < -0.39 is 0 Å². The quantitative estimate of drug-likeness (QED) is 0.498. The molecule has 1 aromatic rings. The van der Waals surface area contributed by atoms with E-state index in [2.05, 4.69) is 24.1 Å². The smallest absolute Gasteiger partial charge is 0.102 e. The summed E-state index contributed by atoms with van der Waals surface area (Å²) in [6, 6.07) is 6.26. The molecule has 0 saturated carbocycles. The summed E-state index contributed by atoms with van der Waals surface area (Å²) in [7, 11) is 2.38. The average molecular weight is 304 g/mol. The van der Waals surface area contributed by atoms with Crippen LogP contribution in [0.2, 0.25) is 0 Å². The minimum absolute atomic E-state index is 0.814. The summed E-state index contributed by atoms with van der Waals surface area (Å²) in [5.74, 6) is 0. The number of piperidine rings is 1. The first-order chi connectivity index (χ1) is 10.7. The molecule has 1 fully saturated rings. The Kier molecular flexibility index (Phi) is 4.89. The van der Waals surface area contributed by atoms with Crippen LogP contribution in [-0.2, 0) is 11.2 Å². The molecule has 1 saturated heterocycles. The molecule has 0 bridgehead atoms. The molecule has 3 rings (SSSR count). The second-order valence-corrected chi connectivity index (χ2v) is 7.09. The Labute approximate surface area is 134 Å². The molecule has 0 amide bonds. The third kappa shape index (κ3) is 3.73. The number of quaternary nitrogens is 1. The van der Waals surface area contributed by atoms with Gasteiger partial charge in [0.15, 0.2) is 0 Å². The minimum Gasteiger partial charge on any atom is -0.399 e. The van der Waals surface area contributed by atoms with Gasteiger partial charge >= 0.3 is 0 Å². The SMILES string of the molecule is C[N+]1(CCOCCN2CCc3ccc(N)cc32)CCCCC1. The van der Waals surface area contributed by atoms with Crippen molar-refractivity contribution in [1.29, 1.82) is 0 Å². The molecule has 1 aromatic carbocycles. The maximum absolute atomic E-state index is 5.92. The van der Waals surface area contributed by atoms with Crippen molar-refractivity contribution in [3.8, 4) is 0 Å². The van der Waals surface area contributed by atoms with Gasteiger partial charge in [-0.25, -0.2) is 0 Å². The fraction of sp³-hybridized carbons (Fsp3) is 0.667. The highest BCUT2D eigenvalue weighted by Crippen LogP contribution is 2.29. The summed E-state index contributed by atoms with van der Waals surface area (Å²) in [6.45, 7) is 7.56. The molecular formula is C18H30N3O+. The standard InChI is InChI=1S/C18H30N3O/c1-21(10-3-2-4-11-21)12-14-22-13-9-20-8-7-16-5-6-17(19)15-18(16)20/h5-6,15H,2-4,7-14,19H2,1H3/q+1. The number of nitrogen functional groups attached to an aromatic ring is 1. The summed E-state index contributed by atoms with van der Waals surface area (Å²) in [5.41, 5.74) is 9.48. The lowest BCUT2D eigenvalue weighted by Gasteiger charge is -2.37. The largest absolute Gasteiger partial charge is 0.399 e. The number of likely N-dealkylation sites (N-methyl/N-ethyl adjacent to an activating group) is 1. The molecule has 2 heterocycles. The van der Waals surface area contributed by atoms with Crippen molar-refractivity contribution in [2.75, 3.05) is 63.6 Å². The minimum atomic E-state index is 0.814. The second kappa shape index (κ2) is 6.88. The maximum atomic E-state index is 5.92. The zero-order chi connectivity index (χ0) is 15.4. The number of likely N-dealkylation sites (tertiary alicyclic amines) is 1. The molecular weight excluding hydrogens is 274 g/mol. The van der Waals surface area contributed by atoms with Crippen LogP contribution in [0.3, 0.4) is 0 Å². The Balaban J connectivity index is 1.39. The molecule has 4 heteroatoms. The first-order valence-electron chi connectivity index (χ1n) is 8.71. The van der Waals surface area contributed by atoms with E-state index in [1.54, 1.807) is 0 Å². The molecule has 0 unspecified atom stereocenters. The summed E-state index contributed by atoms with van der Waals surface area (Å²) in [4.78, 5) is 2.41. The number of hydrogen-bond donors (Lipinski definition) is 1. The van der Waals surface area contributed by atoms with E-state index in [-0.39, 0.29) is 0 Å². The fourth-order valence-electron chi connectivity index (χ4n) is 3.76. The number of anilines is 2. The van der Waals surface area contributed by atoms with Crippen molar-refractivity contribution in [2.24, 2.45) is 0 Å². The Morgan fingerprint density at radius 3 is 2.82 bits per heavy atom. The third-order valence-electron chi connectivity index (χ3n) is 5.28. The number of nitrogens with two attached hydrogens (primary N) is 1. The van der Waals surface area contributed by atoms with Gasteiger partial charge in [0.1, 0.15) is 6.54 Å². The van der Waals surface area contributed by atoms with Crippen LogP contribution in [0.4, 0.5) is 11.4 Å². The topological polar surface area (TPSA) is 38.5 Å². The van der Waals surface area contributed by atoms with Crippen LogP contribution in [0.5, 0.6) is 0 Å². The molecule has 122 valence electrons. The van der Waals surface area contributed by atoms with Crippen LogP contribution in [0.1, 0.15) is 24.8 Å². The van der Waals surface area contributed by atoms with Gasteiger partial charge in [-0.2, -0.15) is 0 Å². The zero-order valence-corrected chi connectivity index (χ0v) is 13.9. The lowest BCUT2D eigenvalue weighted by molar-refractivity contribution is -0.914. The molecule has 0 aliphatic carbocycles. The second-order valence-electron chi connectivity index (χ2n) is 7.09. The zero-order valence-electron chi connectivity index (χ0n) is 13.9. The first-order valence-corrected chi connectivity index (χ1v) is 8.71. The van der Waals surface area contributed by atoms with Gasteiger partial charge < -0.3 is 19.9 Å². The summed E-state index contributed by atoms with van der Waals surface area (Å²) in [6.07, 6.45) is 5.29. The number of benzene rings is 1. The van der Waals surface area contributed by atoms with Gasteiger partial charge in [0.25, 0.3) is 0 Å². The summed E-state index contributed by atoms with van der Waals surface area (Å²) < 4.78 is 7.12. The van der Waals surface area contributed by atoms with Gasteiger partial charge in [-0.05, 0) is 43.4 Å². The molecule has 0 spiro atoms. The molecule has 0 radical (unpaired) electrons. The van der Waals surface area contributed by atoms with Crippen molar-refractivity contribution in [2.45, 2.75) is 25.7 Å².